The highest BCUT2D eigenvalue weighted by atomic mass is 16.2. The summed E-state index contributed by atoms with van der Waals surface area (Å²) in [6.07, 6.45) is 0. The molecule has 0 spiro atoms. The SMILES string of the molecule is Cc1cc(C#CCO)cc(C(=O)N(C)CC(N)=O)c1. The zero-order valence-electron chi connectivity index (χ0n) is 10.9. The van der Waals surface area contributed by atoms with Gasteiger partial charge in [-0.25, -0.2) is 0 Å². The van der Waals surface area contributed by atoms with Crippen molar-refractivity contribution < 1.29 is 14.7 Å². The van der Waals surface area contributed by atoms with Crippen molar-refractivity contribution in [3.8, 4) is 11.8 Å². The minimum atomic E-state index is -0.566. The highest BCUT2D eigenvalue weighted by Gasteiger charge is 2.14. The quantitative estimate of drug-likeness (QED) is 0.744. The minimum Gasteiger partial charge on any atom is -0.384 e. The van der Waals surface area contributed by atoms with Crippen LogP contribution in [0.5, 0.6) is 0 Å². The molecule has 100 valence electrons. The van der Waals surface area contributed by atoms with Crippen LogP contribution in [-0.4, -0.2) is 42.0 Å². The number of hydrogen-bond donors (Lipinski definition) is 2. The number of nitrogens with zero attached hydrogens (tertiary/aromatic N) is 1. The molecule has 0 unspecified atom stereocenters. The maximum absolute atomic E-state index is 12.1. The Hall–Kier alpha value is -2.32. The summed E-state index contributed by atoms with van der Waals surface area (Å²) in [4.78, 5) is 24.1. The number of aliphatic hydroxyl groups excluding tert-OH is 1. The number of carbonyl (C=O) groups excluding carboxylic acids is 2. The van der Waals surface area contributed by atoms with Crippen LogP contribution in [0.2, 0.25) is 0 Å². The Balaban J connectivity index is 3.03. The summed E-state index contributed by atoms with van der Waals surface area (Å²) in [5.74, 6) is 4.41. The van der Waals surface area contributed by atoms with Crippen LogP contribution in [0.4, 0.5) is 0 Å². The van der Waals surface area contributed by atoms with Gasteiger partial charge in [0, 0.05) is 18.2 Å². The van der Waals surface area contributed by atoms with Gasteiger partial charge in [-0.15, -0.1) is 0 Å². The van der Waals surface area contributed by atoms with Crippen LogP contribution in [0.25, 0.3) is 0 Å². The second-order valence-corrected chi connectivity index (χ2v) is 4.18. The molecule has 1 rings (SSSR count). The van der Waals surface area contributed by atoms with E-state index in [0.29, 0.717) is 11.1 Å². The largest absolute Gasteiger partial charge is 0.384 e. The predicted octanol–water partition coefficient (Wildman–Crippen LogP) is -0.104. The van der Waals surface area contributed by atoms with Crippen molar-refractivity contribution >= 4 is 11.8 Å². The molecule has 1 aromatic rings. The average molecular weight is 260 g/mol. The summed E-state index contributed by atoms with van der Waals surface area (Å²) in [6, 6.07) is 5.15. The highest BCUT2D eigenvalue weighted by molar-refractivity contribution is 5.96. The Bertz CT molecular complexity index is 556. The number of aryl methyl sites for hydroxylation is 1. The van der Waals surface area contributed by atoms with Gasteiger partial charge in [0.1, 0.15) is 6.61 Å². The fraction of sp³-hybridized carbons (Fsp3) is 0.286. The number of aliphatic hydroxyl groups is 1. The van der Waals surface area contributed by atoms with Crippen molar-refractivity contribution in [1.82, 2.24) is 4.90 Å². The Labute approximate surface area is 112 Å². The van der Waals surface area contributed by atoms with Crippen molar-refractivity contribution in [1.29, 1.82) is 0 Å². The molecule has 0 aliphatic carbocycles. The average Bonchev–Trinajstić information content (AvgIpc) is 2.33. The fourth-order valence-electron chi connectivity index (χ4n) is 1.65. The van der Waals surface area contributed by atoms with Crippen LogP contribution >= 0.6 is 0 Å². The molecule has 3 N–H and O–H groups in total. The molecule has 2 amide bonds. The topological polar surface area (TPSA) is 83.6 Å². The van der Waals surface area contributed by atoms with Crippen LogP contribution in [0.15, 0.2) is 18.2 Å². The molecule has 0 aliphatic heterocycles. The van der Waals surface area contributed by atoms with E-state index in [1.54, 1.807) is 12.1 Å². The van der Waals surface area contributed by atoms with Gasteiger partial charge in [0.2, 0.25) is 5.91 Å². The molecule has 0 atom stereocenters. The zero-order chi connectivity index (χ0) is 14.4. The fourth-order valence-corrected chi connectivity index (χ4v) is 1.65. The lowest BCUT2D eigenvalue weighted by atomic mass is 10.1. The van der Waals surface area contributed by atoms with Gasteiger partial charge in [-0.3, -0.25) is 9.59 Å². The van der Waals surface area contributed by atoms with Crippen LogP contribution in [0, 0.1) is 18.8 Å². The summed E-state index contributed by atoms with van der Waals surface area (Å²) >= 11 is 0. The molecule has 0 bridgehead atoms. The molecule has 0 radical (unpaired) electrons. The predicted molar refractivity (Wildman–Crippen MR) is 71.3 cm³/mol. The number of rotatable bonds is 3. The molecule has 0 saturated carbocycles. The lowest BCUT2D eigenvalue weighted by Gasteiger charge is -2.15. The molecule has 0 saturated heterocycles. The molecule has 1 aromatic carbocycles. The van der Waals surface area contributed by atoms with E-state index >= 15 is 0 Å². The Morgan fingerprint density at radius 2 is 2.05 bits per heavy atom. The molecule has 0 aliphatic rings. The van der Waals surface area contributed by atoms with Gasteiger partial charge in [0.15, 0.2) is 0 Å². The van der Waals surface area contributed by atoms with Gasteiger partial charge >= 0.3 is 0 Å². The van der Waals surface area contributed by atoms with Crippen molar-refractivity contribution in [2.75, 3.05) is 20.2 Å². The molecular formula is C14H16N2O3. The highest BCUT2D eigenvalue weighted by Crippen LogP contribution is 2.11. The molecule has 0 aromatic heterocycles. The first kappa shape index (κ1) is 14.7. The zero-order valence-corrected chi connectivity index (χ0v) is 10.9. The number of primary amides is 1. The van der Waals surface area contributed by atoms with Crippen LogP contribution < -0.4 is 5.73 Å². The van der Waals surface area contributed by atoms with E-state index in [-0.39, 0.29) is 19.1 Å². The molecular weight excluding hydrogens is 244 g/mol. The van der Waals surface area contributed by atoms with Crippen molar-refractivity contribution in [3.05, 3.63) is 34.9 Å². The molecule has 0 heterocycles. The maximum atomic E-state index is 12.1. The second-order valence-electron chi connectivity index (χ2n) is 4.18. The van der Waals surface area contributed by atoms with Gasteiger partial charge < -0.3 is 15.7 Å². The summed E-state index contributed by atoms with van der Waals surface area (Å²) in [5, 5.41) is 8.66. The summed E-state index contributed by atoms with van der Waals surface area (Å²) in [7, 11) is 1.51. The van der Waals surface area contributed by atoms with Gasteiger partial charge in [0.25, 0.3) is 5.91 Å². The van der Waals surface area contributed by atoms with Gasteiger partial charge in [-0.2, -0.15) is 0 Å². The van der Waals surface area contributed by atoms with E-state index in [0.717, 1.165) is 5.56 Å². The Morgan fingerprint density at radius 1 is 1.37 bits per heavy atom. The van der Waals surface area contributed by atoms with Gasteiger partial charge in [-0.1, -0.05) is 11.8 Å². The van der Waals surface area contributed by atoms with E-state index in [1.165, 1.54) is 11.9 Å². The number of amides is 2. The molecule has 5 nitrogen and oxygen atoms in total. The third-order valence-corrected chi connectivity index (χ3v) is 2.38. The third kappa shape index (κ3) is 4.45. The minimum absolute atomic E-state index is 0.134. The third-order valence-electron chi connectivity index (χ3n) is 2.38. The van der Waals surface area contributed by atoms with E-state index in [2.05, 4.69) is 11.8 Å². The summed E-state index contributed by atoms with van der Waals surface area (Å²) in [5.41, 5.74) is 7.01. The lowest BCUT2D eigenvalue weighted by Crippen LogP contribution is -2.35. The van der Waals surface area contributed by atoms with Crippen molar-refractivity contribution in [3.63, 3.8) is 0 Å². The van der Waals surface area contributed by atoms with Crippen molar-refractivity contribution in [2.45, 2.75) is 6.92 Å². The first-order valence-electron chi connectivity index (χ1n) is 5.69. The van der Waals surface area contributed by atoms with Gasteiger partial charge in [-0.05, 0) is 30.7 Å². The van der Waals surface area contributed by atoms with Crippen LogP contribution in [0.1, 0.15) is 21.5 Å². The second kappa shape index (κ2) is 6.57. The normalized spacial score (nSPS) is 9.42. The van der Waals surface area contributed by atoms with E-state index in [4.69, 9.17) is 10.8 Å². The molecule has 0 fully saturated rings. The first-order valence-corrected chi connectivity index (χ1v) is 5.69. The summed E-state index contributed by atoms with van der Waals surface area (Å²) < 4.78 is 0. The molecule has 5 heteroatoms. The monoisotopic (exact) mass is 260 g/mol. The molecule has 19 heavy (non-hydrogen) atoms. The van der Waals surface area contributed by atoms with Crippen LogP contribution in [0.3, 0.4) is 0 Å². The Morgan fingerprint density at radius 3 is 2.63 bits per heavy atom. The number of benzene rings is 1. The number of hydrogen-bond acceptors (Lipinski definition) is 3. The van der Waals surface area contributed by atoms with Gasteiger partial charge in [0.05, 0.1) is 6.54 Å². The lowest BCUT2D eigenvalue weighted by molar-refractivity contribution is -0.118. The van der Waals surface area contributed by atoms with Crippen molar-refractivity contribution in [2.24, 2.45) is 5.73 Å². The maximum Gasteiger partial charge on any atom is 0.254 e. The van der Waals surface area contributed by atoms with E-state index in [9.17, 15) is 9.59 Å². The number of likely N-dealkylation sites (N-methyl/N-ethyl adjacent to an activating group) is 1. The smallest absolute Gasteiger partial charge is 0.254 e. The Kier molecular flexibility index (Phi) is 5.10. The first-order chi connectivity index (χ1) is 8.93. The summed E-state index contributed by atoms with van der Waals surface area (Å²) in [6.45, 7) is 1.47. The van der Waals surface area contributed by atoms with Crippen LogP contribution in [-0.2, 0) is 4.79 Å². The van der Waals surface area contributed by atoms with E-state index < -0.39 is 5.91 Å². The van der Waals surface area contributed by atoms with E-state index in [1.807, 2.05) is 13.0 Å². The number of carbonyl (C=O) groups is 2. The standard InChI is InChI=1S/C14H16N2O3/c1-10-6-11(4-3-5-17)8-12(7-10)14(19)16(2)9-13(15)18/h6-8,17H,5,9H2,1-2H3,(H2,15,18). The number of nitrogens with two attached hydrogens (primary N) is 1.